The first-order valence-corrected chi connectivity index (χ1v) is 6.67. The van der Waals surface area contributed by atoms with Crippen molar-refractivity contribution in [2.45, 2.75) is 53.9 Å². The van der Waals surface area contributed by atoms with E-state index in [1.54, 1.807) is 0 Å². The Morgan fingerprint density at radius 3 is 2.39 bits per heavy atom. The van der Waals surface area contributed by atoms with Gasteiger partial charge >= 0.3 is 0 Å². The molecule has 18 heavy (non-hydrogen) atoms. The number of allylic oxidation sites excluding steroid dienone is 4. The minimum Gasteiger partial charge on any atom is -0.326 e. The number of carbonyl (C=O) groups excluding carboxylic acids is 1. The summed E-state index contributed by atoms with van der Waals surface area (Å²) in [5.41, 5.74) is 2.96. The molecule has 0 atom stereocenters. The van der Waals surface area contributed by atoms with Crippen molar-refractivity contribution in [3.63, 3.8) is 0 Å². The molecule has 0 bridgehead atoms. The summed E-state index contributed by atoms with van der Waals surface area (Å²) in [6, 6.07) is 0. The molecular weight excluding hydrogens is 222 g/mol. The van der Waals surface area contributed by atoms with Crippen LogP contribution in [0.15, 0.2) is 35.6 Å². The van der Waals surface area contributed by atoms with E-state index >= 15 is 0 Å². The average Bonchev–Trinajstić information content (AvgIpc) is 2.27. The maximum absolute atomic E-state index is 11.7. The second kappa shape index (κ2) is 8.73. The Labute approximate surface area is 112 Å². The van der Waals surface area contributed by atoms with E-state index in [-0.39, 0.29) is 5.91 Å². The molecule has 1 N–H and O–H groups in total. The molecule has 0 rings (SSSR count). The van der Waals surface area contributed by atoms with Crippen molar-refractivity contribution in [2.24, 2.45) is 5.92 Å². The molecule has 0 fully saturated rings. The second-order valence-corrected chi connectivity index (χ2v) is 5.19. The summed E-state index contributed by atoms with van der Waals surface area (Å²) in [6.07, 6.45) is 6.51. The van der Waals surface area contributed by atoms with E-state index in [4.69, 9.17) is 0 Å². The van der Waals surface area contributed by atoms with Crippen LogP contribution in [0.25, 0.3) is 0 Å². The zero-order valence-electron chi connectivity index (χ0n) is 12.5. The fourth-order valence-electron chi connectivity index (χ4n) is 1.44. The van der Waals surface area contributed by atoms with Gasteiger partial charge in [-0.1, -0.05) is 38.5 Å². The highest BCUT2D eigenvalue weighted by Crippen LogP contribution is 2.09. The SMILES string of the molecule is C=C(C)/C(C)=C\C(=C/C)NC(=O)CCCC(C)C. The standard InChI is InChI=1S/C16H27NO/c1-7-15(11-14(6)13(4)5)17-16(18)10-8-9-12(2)3/h7,11-12H,4,8-10H2,1-3,5-6H3,(H,17,18)/b14-11-,15-7+. The molecule has 0 aliphatic heterocycles. The number of carbonyl (C=O) groups is 1. The van der Waals surface area contributed by atoms with Crippen LogP contribution in [0, 0.1) is 5.92 Å². The Morgan fingerprint density at radius 2 is 1.94 bits per heavy atom. The summed E-state index contributed by atoms with van der Waals surface area (Å²) in [6.45, 7) is 14.1. The van der Waals surface area contributed by atoms with Gasteiger partial charge in [-0.15, -0.1) is 0 Å². The lowest BCUT2D eigenvalue weighted by Gasteiger charge is -2.08. The van der Waals surface area contributed by atoms with E-state index in [2.05, 4.69) is 25.7 Å². The molecule has 102 valence electrons. The van der Waals surface area contributed by atoms with Crippen LogP contribution in [0.2, 0.25) is 0 Å². The van der Waals surface area contributed by atoms with Crippen molar-refractivity contribution in [1.82, 2.24) is 5.32 Å². The van der Waals surface area contributed by atoms with Crippen molar-refractivity contribution in [2.75, 3.05) is 0 Å². The molecule has 0 aliphatic rings. The number of rotatable bonds is 7. The highest BCUT2D eigenvalue weighted by atomic mass is 16.1. The van der Waals surface area contributed by atoms with Gasteiger partial charge in [0.15, 0.2) is 0 Å². The Morgan fingerprint density at radius 1 is 1.33 bits per heavy atom. The molecule has 0 saturated heterocycles. The molecule has 0 aromatic rings. The predicted octanol–water partition coefficient (Wildman–Crippen LogP) is 4.36. The topological polar surface area (TPSA) is 29.1 Å². The van der Waals surface area contributed by atoms with Gasteiger partial charge in [-0.25, -0.2) is 0 Å². The molecular formula is C16H27NO. The summed E-state index contributed by atoms with van der Waals surface area (Å²) < 4.78 is 0. The Balaban J connectivity index is 4.27. The van der Waals surface area contributed by atoms with Gasteiger partial charge in [-0.05, 0) is 44.8 Å². The van der Waals surface area contributed by atoms with Crippen LogP contribution in [-0.4, -0.2) is 5.91 Å². The smallest absolute Gasteiger partial charge is 0.224 e. The van der Waals surface area contributed by atoms with Crippen LogP contribution in [0.4, 0.5) is 0 Å². The zero-order valence-corrected chi connectivity index (χ0v) is 12.5. The minimum atomic E-state index is 0.0921. The van der Waals surface area contributed by atoms with E-state index in [0.29, 0.717) is 12.3 Å². The van der Waals surface area contributed by atoms with Crippen LogP contribution in [0.5, 0.6) is 0 Å². The largest absolute Gasteiger partial charge is 0.326 e. The zero-order chi connectivity index (χ0) is 14.1. The maximum atomic E-state index is 11.7. The predicted molar refractivity (Wildman–Crippen MR) is 79.2 cm³/mol. The highest BCUT2D eigenvalue weighted by molar-refractivity contribution is 5.78. The third kappa shape index (κ3) is 7.88. The first-order valence-electron chi connectivity index (χ1n) is 6.67. The van der Waals surface area contributed by atoms with Gasteiger partial charge in [-0.3, -0.25) is 4.79 Å². The first-order chi connectivity index (χ1) is 8.36. The summed E-state index contributed by atoms with van der Waals surface area (Å²) in [5, 5.41) is 2.93. The third-order valence-electron chi connectivity index (χ3n) is 2.83. The van der Waals surface area contributed by atoms with Gasteiger partial charge in [-0.2, -0.15) is 0 Å². The normalized spacial score (nSPS) is 12.8. The molecule has 0 aromatic heterocycles. The lowest BCUT2D eigenvalue weighted by molar-refractivity contribution is -0.120. The molecule has 0 heterocycles. The molecule has 2 nitrogen and oxygen atoms in total. The molecule has 1 amide bonds. The number of amides is 1. The Hall–Kier alpha value is -1.31. The fourth-order valence-corrected chi connectivity index (χ4v) is 1.44. The minimum absolute atomic E-state index is 0.0921. The fraction of sp³-hybridized carbons (Fsp3) is 0.562. The Bertz CT molecular complexity index is 348. The summed E-state index contributed by atoms with van der Waals surface area (Å²) in [7, 11) is 0. The molecule has 0 unspecified atom stereocenters. The number of hydrogen-bond acceptors (Lipinski definition) is 1. The Kier molecular flexibility index (Phi) is 8.10. The highest BCUT2D eigenvalue weighted by Gasteiger charge is 2.04. The summed E-state index contributed by atoms with van der Waals surface area (Å²) in [5.74, 6) is 0.749. The maximum Gasteiger partial charge on any atom is 0.224 e. The van der Waals surface area contributed by atoms with Crippen molar-refractivity contribution in [3.05, 3.63) is 35.6 Å². The summed E-state index contributed by atoms with van der Waals surface area (Å²) >= 11 is 0. The lowest BCUT2D eigenvalue weighted by atomic mass is 10.1. The van der Waals surface area contributed by atoms with Crippen molar-refractivity contribution < 1.29 is 4.79 Å². The van der Waals surface area contributed by atoms with E-state index in [0.717, 1.165) is 29.7 Å². The van der Waals surface area contributed by atoms with Gasteiger partial charge in [0, 0.05) is 12.1 Å². The number of nitrogens with one attached hydrogen (secondary N) is 1. The lowest BCUT2D eigenvalue weighted by Crippen LogP contribution is -2.21. The first kappa shape index (κ1) is 16.7. The molecule has 0 radical (unpaired) electrons. The molecule has 0 spiro atoms. The average molecular weight is 249 g/mol. The van der Waals surface area contributed by atoms with Crippen LogP contribution in [0.3, 0.4) is 0 Å². The van der Waals surface area contributed by atoms with E-state index in [1.165, 1.54) is 0 Å². The van der Waals surface area contributed by atoms with E-state index in [1.807, 2.05) is 32.9 Å². The third-order valence-corrected chi connectivity index (χ3v) is 2.83. The number of hydrogen-bond donors (Lipinski definition) is 1. The van der Waals surface area contributed by atoms with Crippen LogP contribution in [0.1, 0.15) is 53.9 Å². The van der Waals surface area contributed by atoms with Gasteiger partial charge in [0.2, 0.25) is 5.91 Å². The van der Waals surface area contributed by atoms with Gasteiger partial charge in [0.05, 0.1) is 0 Å². The quantitative estimate of drug-likeness (QED) is 0.667. The van der Waals surface area contributed by atoms with E-state index < -0.39 is 0 Å². The van der Waals surface area contributed by atoms with Gasteiger partial charge in [0.1, 0.15) is 0 Å². The van der Waals surface area contributed by atoms with E-state index in [9.17, 15) is 4.79 Å². The van der Waals surface area contributed by atoms with Crippen molar-refractivity contribution >= 4 is 5.91 Å². The van der Waals surface area contributed by atoms with Gasteiger partial charge in [0.25, 0.3) is 0 Å². The molecule has 2 heteroatoms. The molecule has 0 saturated carbocycles. The summed E-state index contributed by atoms with van der Waals surface area (Å²) in [4.78, 5) is 11.7. The van der Waals surface area contributed by atoms with Crippen LogP contribution in [-0.2, 0) is 4.79 Å². The monoisotopic (exact) mass is 249 g/mol. The second-order valence-electron chi connectivity index (χ2n) is 5.19. The van der Waals surface area contributed by atoms with Crippen molar-refractivity contribution in [3.8, 4) is 0 Å². The van der Waals surface area contributed by atoms with Crippen molar-refractivity contribution in [1.29, 1.82) is 0 Å². The van der Waals surface area contributed by atoms with Crippen LogP contribution < -0.4 is 5.32 Å². The van der Waals surface area contributed by atoms with Gasteiger partial charge < -0.3 is 5.32 Å². The molecule has 0 aromatic carbocycles. The molecule has 0 aliphatic carbocycles. The van der Waals surface area contributed by atoms with Crippen LogP contribution >= 0.6 is 0 Å².